The highest BCUT2D eigenvalue weighted by Gasteiger charge is 1.75. The third-order valence-corrected chi connectivity index (χ3v) is 0.808. The predicted octanol–water partition coefficient (Wildman–Crippen LogP) is 1.31. The minimum absolute atomic E-state index is 0.855. The van der Waals surface area contributed by atoms with Gasteiger partial charge in [0.15, 0.2) is 0 Å². The largest absolute Gasteiger partial charge is 0.330 e. The van der Waals surface area contributed by atoms with Crippen molar-refractivity contribution < 1.29 is 0 Å². The van der Waals surface area contributed by atoms with Crippen molar-refractivity contribution >= 4 is 0 Å². The number of nitrogens with zero attached hydrogens (tertiary/aromatic N) is 1. The smallest absolute Gasteiger partial charge is 0.00773 e. The molecule has 0 atom stereocenters. The summed E-state index contributed by atoms with van der Waals surface area (Å²) in [6.45, 7) is 3.03. The molecule has 0 spiro atoms. The topological polar surface area (TPSA) is 29.3 Å². The van der Waals surface area contributed by atoms with Gasteiger partial charge in [0.05, 0.1) is 0 Å². The zero-order valence-corrected chi connectivity index (χ0v) is 7.85. The Balaban J connectivity index is 0. The molecule has 0 rings (SSSR count). The molecule has 64 valence electrons. The van der Waals surface area contributed by atoms with Gasteiger partial charge in [-0.15, -0.1) is 0 Å². The minimum Gasteiger partial charge on any atom is -0.330 e. The standard InChI is InChI=1S/C5H13N.C3H9N/c1-2-3-4-5-6;1-4(2)3/h2-6H2,1H3;1-3H3. The first-order valence-corrected chi connectivity index (χ1v) is 3.96. The summed E-state index contributed by atoms with van der Waals surface area (Å²) in [6, 6.07) is 0. The molecule has 0 aliphatic carbocycles. The monoisotopic (exact) mass is 146 g/mol. The van der Waals surface area contributed by atoms with Crippen molar-refractivity contribution in [3.63, 3.8) is 0 Å². The van der Waals surface area contributed by atoms with Crippen LogP contribution in [-0.2, 0) is 0 Å². The van der Waals surface area contributed by atoms with Crippen molar-refractivity contribution in [2.75, 3.05) is 27.7 Å². The highest BCUT2D eigenvalue weighted by atomic mass is 15.0. The average Bonchev–Trinajstić information content (AvgIpc) is 1.82. The Labute approximate surface area is 65.4 Å². The van der Waals surface area contributed by atoms with Gasteiger partial charge in [0, 0.05) is 0 Å². The zero-order chi connectivity index (χ0) is 8.41. The second-order valence-corrected chi connectivity index (χ2v) is 2.84. The summed E-state index contributed by atoms with van der Waals surface area (Å²) in [6.07, 6.45) is 3.75. The van der Waals surface area contributed by atoms with Gasteiger partial charge >= 0.3 is 0 Å². The van der Waals surface area contributed by atoms with Crippen LogP contribution in [0, 0.1) is 0 Å². The van der Waals surface area contributed by atoms with Crippen LogP contribution >= 0.6 is 0 Å². The fraction of sp³-hybridized carbons (Fsp3) is 1.00. The molecule has 0 aromatic rings. The molecular formula is C8H22N2. The minimum atomic E-state index is 0.855. The molecule has 0 aromatic carbocycles. The molecule has 0 radical (unpaired) electrons. The molecule has 0 saturated heterocycles. The van der Waals surface area contributed by atoms with Gasteiger partial charge in [0.25, 0.3) is 0 Å². The number of nitrogens with two attached hydrogens (primary N) is 1. The third-order valence-electron chi connectivity index (χ3n) is 0.808. The Morgan fingerprint density at radius 1 is 1.10 bits per heavy atom. The van der Waals surface area contributed by atoms with E-state index in [-0.39, 0.29) is 0 Å². The van der Waals surface area contributed by atoms with Gasteiger partial charge in [-0.3, -0.25) is 0 Å². The highest BCUT2D eigenvalue weighted by Crippen LogP contribution is 1.88. The van der Waals surface area contributed by atoms with Crippen LogP contribution < -0.4 is 5.73 Å². The second-order valence-electron chi connectivity index (χ2n) is 2.84. The number of rotatable bonds is 3. The second kappa shape index (κ2) is 11.7. The lowest BCUT2D eigenvalue weighted by molar-refractivity contribution is 0.505. The molecule has 0 saturated carbocycles. The Bertz CT molecular complexity index is 37.8. The number of hydrogen-bond donors (Lipinski definition) is 1. The van der Waals surface area contributed by atoms with Gasteiger partial charge in [0.2, 0.25) is 0 Å². The van der Waals surface area contributed by atoms with Crippen LogP contribution in [0.25, 0.3) is 0 Å². The van der Waals surface area contributed by atoms with Crippen molar-refractivity contribution in [3.05, 3.63) is 0 Å². The van der Waals surface area contributed by atoms with E-state index in [1.165, 1.54) is 19.3 Å². The summed E-state index contributed by atoms with van der Waals surface area (Å²) < 4.78 is 0. The van der Waals surface area contributed by atoms with Gasteiger partial charge in [-0.25, -0.2) is 0 Å². The van der Waals surface area contributed by atoms with Crippen molar-refractivity contribution in [1.29, 1.82) is 0 Å². The van der Waals surface area contributed by atoms with Crippen molar-refractivity contribution in [2.24, 2.45) is 5.73 Å². The molecule has 0 aliphatic heterocycles. The molecule has 0 aromatic heterocycles. The quantitative estimate of drug-likeness (QED) is 0.608. The fourth-order valence-corrected chi connectivity index (χ4v) is 0.394. The maximum Gasteiger partial charge on any atom is -0.00773 e. The molecule has 0 amide bonds. The fourth-order valence-electron chi connectivity index (χ4n) is 0.394. The summed E-state index contributed by atoms with van der Waals surface area (Å²) >= 11 is 0. The van der Waals surface area contributed by atoms with Gasteiger partial charge in [0.1, 0.15) is 0 Å². The third kappa shape index (κ3) is 44.5. The number of unbranched alkanes of at least 4 members (excludes halogenated alkanes) is 2. The molecule has 0 unspecified atom stereocenters. The average molecular weight is 146 g/mol. The molecule has 0 bridgehead atoms. The Kier molecular flexibility index (Phi) is 14.7. The van der Waals surface area contributed by atoms with E-state index in [2.05, 4.69) is 6.92 Å². The summed E-state index contributed by atoms with van der Waals surface area (Å²) in [5.74, 6) is 0. The molecule has 10 heavy (non-hydrogen) atoms. The maximum atomic E-state index is 5.21. The van der Waals surface area contributed by atoms with E-state index in [9.17, 15) is 0 Å². The zero-order valence-electron chi connectivity index (χ0n) is 7.85. The normalized spacial score (nSPS) is 9.00. The van der Waals surface area contributed by atoms with E-state index in [0.717, 1.165) is 6.54 Å². The van der Waals surface area contributed by atoms with Crippen LogP contribution in [0.15, 0.2) is 0 Å². The Morgan fingerprint density at radius 3 is 1.60 bits per heavy atom. The first kappa shape index (κ1) is 12.6. The van der Waals surface area contributed by atoms with Crippen LogP contribution in [0.5, 0.6) is 0 Å². The van der Waals surface area contributed by atoms with E-state index in [1.54, 1.807) is 0 Å². The SMILES string of the molecule is CCCCCN.CN(C)C. The molecule has 0 heterocycles. The summed E-state index contributed by atoms with van der Waals surface area (Å²) in [7, 11) is 6.00. The summed E-state index contributed by atoms with van der Waals surface area (Å²) in [4.78, 5) is 2.00. The maximum absolute atomic E-state index is 5.21. The molecule has 2 heteroatoms. The molecular weight excluding hydrogens is 124 g/mol. The number of hydrogen-bond acceptors (Lipinski definition) is 2. The van der Waals surface area contributed by atoms with Crippen molar-refractivity contribution in [3.8, 4) is 0 Å². The predicted molar refractivity (Wildman–Crippen MR) is 48.2 cm³/mol. The van der Waals surface area contributed by atoms with Crippen molar-refractivity contribution in [1.82, 2.24) is 4.90 Å². The lowest BCUT2D eigenvalue weighted by Gasteiger charge is -1.90. The highest BCUT2D eigenvalue weighted by molar-refractivity contribution is 4.34. The van der Waals surface area contributed by atoms with Crippen LogP contribution in [0.4, 0.5) is 0 Å². The molecule has 2 N–H and O–H groups in total. The van der Waals surface area contributed by atoms with Crippen LogP contribution in [0.1, 0.15) is 26.2 Å². The van der Waals surface area contributed by atoms with E-state index in [0.29, 0.717) is 0 Å². The van der Waals surface area contributed by atoms with Gasteiger partial charge in [-0.2, -0.15) is 0 Å². The molecule has 2 nitrogen and oxygen atoms in total. The van der Waals surface area contributed by atoms with Crippen LogP contribution in [-0.4, -0.2) is 32.6 Å². The molecule has 0 fully saturated rings. The first-order chi connectivity index (χ1) is 4.65. The summed E-state index contributed by atoms with van der Waals surface area (Å²) in [5.41, 5.74) is 5.21. The van der Waals surface area contributed by atoms with Crippen LogP contribution in [0.3, 0.4) is 0 Å². The Morgan fingerprint density at radius 2 is 1.50 bits per heavy atom. The molecule has 0 aliphatic rings. The Hall–Kier alpha value is -0.0800. The van der Waals surface area contributed by atoms with Gasteiger partial charge < -0.3 is 10.6 Å². The lowest BCUT2D eigenvalue weighted by atomic mass is 10.3. The lowest BCUT2D eigenvalue weighted by Crippen LogP contribution is -1.99. The first-order valence-electron chi connectivity index (χ1n) is 3.96. The van der Waals surface area contributed by atoms with E-state index in [1.807, 2.05) is 26.0 Å². The van der Waals surface area contributed by atoms with Gasteiger partial charge in [-0.1, -0.05) is 19.8 Å². The summed E-state index contributed by atoms with van der Waals surface area (Å²) in [5, 5.41) is 0. The van der Waals surface area contributed by atoms with E-state index >= 15 is 0 Å². The van der Waals surface area contributed by atoms with Crippen molar-refractivity contribution in [2.45, 2.75) is 26.2 Å². The van der Waals surface area contributed by atoms with E-state index < -0.39 is 0 Å². The van der Waals surface area contributed by atoms with Gasteiger partial charge in [-0.05, 0) is 34.1 Å². The van der Waals surface area contributed by atoms with Crippen LogP contribution in [0.2, 0.25) is 0 Å². The van der Waals surface area contributed by atoms with E-state index in [4.69, 9.17) is 5.73 Å².